The lowest BCUT2D eigenvalue weighted by molar-refractivity contribution is 0.0543. The third-order valence-corrected chi connectivity index (χ3v) is 3.21. The average molecular weight is 302 g/mol. The summed E-state index contributed by atoms with van der Waals surface area (Å²) in [6.45, 7) is 7.45. The molecule has 0 aromatic carbocycles. The normalized spacial score (nSPS) is 11.6. The van der Waals surface area contributed by atoms with Gasteiger partial charge in [0.1, 0.15) is 11.2 Å². The number of fused-ring (bicyclic) bond motifs is 1. The van der Waals surface area contributed by atoms with Gasteiger partial charge in [-0.2, -0.15) is 0 Å². The first-order valence-corrected chi connectivity index (χ1v) is 7.56. The van der Waals surface area contributed by atoms with Crippen molar-refractivity contribution in [3.8, 4) is 0 Å². The number of pyridine rings is 1. The molecule has 0 aliphatic rings. The zero-order valence-electron chi connectivity index (χ0n) is 13.5. The highest BCUT2D eigenvalue weighted by atomic mass is 16.6. The molecule has 0 atom stereocenters. The number of hydrogen-bond donors (Lipinski definition) is 0. The van der Waals surface area contributed by atoms with Gasteiger partial charge in [0.15, 0.2) is 5.78 Å². The highest BCUT2D eigenvalue weighted by Gasteiger charge is 2.23. The van der Waals surface area contributed by atoms with Gasteiger partial charge in [0.25, 0.3) is 0 Å². The molecule has 5 nitrogen and oxygen atoms in total. The Morgan fingerprint density at radius 1 is 1.32 bits per heavy atom. The Labute approximate surface area is 130 Å². The molecule has 2 heterocycles. The van der Waals surface area contributed by atoms with Crippen LogP contribution in [0.3, 0.4) is 0 Å². The minimum Gasteiger partial charge on any atom is -0.443 e. The molecule has 0 N–H and O–H groups in total. The second-order valence-electron chi connectivity index (χ2n) is 6.29. The van der Waals surface area contributed by atoms with Crippen LogP contribution in [0, 0.1) is 0 Å². The van der Waals surface area contributed by atoms with E-state index in [0.29, 0.717) is 23.0 Å². The Bertz CT molecular complexity index is 695. The second kappa shape index (κ2) is 6.30. The molecule has 2 aromatic heterocycles. The molecule has 0 spiro atoms. The summed E-state index contributed by atoms with van der Waals surface area (Å²) in [4.78, 5) is 28.9. The number of nitrogens with zero attached hydrogens (tertiary/aromatic N) is 2. The summed E-state index contributed by atoms with van der Waals surface area (Å²) in [5.74, 6) is 0.0298. The van der Waals surface area contributed by atoms with Crippen LogP contribution in [0.25, 0.3) is 11.0 Å². The fraction of sp³-hybridized carbons (Fsp3) is 0.471. The molecule has 0 amide bonds. The van der Waals surface area contributed by atoms with Crippen LogP contribution in [-0.2, 0) is 4.74 Å². The molecule has 5 heteroatoms. The van der Waals surface area contributed by atoms with Crippen LogP contribution in [0.1, 0.15) is 57.3 Å². The van der Waals surface area contributed by atoms with Crippen LogP contribution in [0.5, 0.6) is 0 Å². The van der Waals surface area contributed by atoms with E-state index in [4.69, 9.17) is 4.74 Å². The number of unbranched alkanes of at least 4 members (excludes halogenated alkanes) is 1. The molecule has 22 heavy (non-hydrogen) atoms. The number of rotatable bonds is 4. The van der Waals surface area contributed by atoms with Crippen molar-refractivity contribution < 1.29 is 14.3 Å². The van der Waals surface area contributed by atoms with Gasteiger partial charge >= 0.3 is 6.09 Å². The van der Waals surface area contributed by atoms with Gasteiger partial charge < -0.3 is 4.74 Å². The Morgan fingerprint density at radius 2 is 2.05 bits per heavy atom. The monoisotopic (exact) mass is 302 g/mol. The molecule has 0 saturated heterocycles. The molecule has 0 radical (unpaired) electrons. The molecule has 0 fully saturated rings. The molecule has 0 aliphatic heterocycles. The van der Waals surface area contributed by atoms with Crippen molar-refractivity contribution in [3.63, 3.8) is 0 Å². The van der Waals surface area contributed by atoms with Crippen molar-refractivity contribution in [2.24, 2.45) is 0 Å². The smallest absolute Gasteiger partial charge is 0.420 e. The highest BCUT2D eigenvalue weighted by molar-refractivity contribution is 6.08. The first-order chi connectivity index (χ1) is 10.3. The van der Waals surface area contributed by atoms with Gasteiger partial charge in [-0.25, -0.2) is 14.3 Å². The maximum atomic E-state index is 12.3. The Kier molecular flexibility index (Phi) is 4.64. The van der Waals surface area contributed by atoms with E-state index in [0.717, 1.165) is 12.8 Å². The molecule has 2 aromatic rings. The molecule has 0 unspecified atom stereocenters. The van der Waals surface area contributed by atoms with Crippen LogP contribution < -0.4 is 0 Å². The molecular weight excluding hydrogens is 280 g/mol. The fourth-order valence-corrected chi connectivity index (χ4v) is 2.20. The SMILES string of the molecule is CCCCC(=O)c1cn(C(=O)OC(C)(C)C)c2ncccc12. The minimum absolute atomic E-state index is 0.0298. The predicted molar refractivity (Wildman–Crippen MR) is 85.2 cm³/mol. The zero-order chi connectivity index (χ0) is 16.3. The summed E-state index contributed by atoms with van der Waals surface area (Å²) >= 11 is 0. The Morgan fingerprint density at radius 3 is 2.68 bits per heavy atom. The standard InChI is InChI=1S/C17H22N2O3/c1-5-6-9-14(20)13-11-19(16(21)22-17(2,3)4)15-12(13)8-7-10-18-15/h7-8,10-11H,5-6,9H2,1-4H3. The lowest BCUT2D eigenvalue weighted by Gasteiger charge is -2.19. The maximum Gasteiger partial charge on any atom is 0.420 e. The van der Waals surface area contributed by atoms with Gasteiger partial charge in [-0.3, -0.25) is 4.79 Å². The van der Waals surface area contributed by atoms with Gasteiger partial charge in [0.2, 0.25) is 0 Å². The van der Waals surface area contributed by atoms with E-state index in [9.17, 15) is 9.59 Å². The number of Topliss-reactive ketones (excluding diaryl/α,β-unsaturated/α-hetero) is 1. The van der Waals surface area contributed by atoms with Crippen LogP contribution >= 0.6 is 0 Å². The number of carbonyl (C=O) groups is 2. The first-order valence-electron chi connectivity index (χ1n) is 7.56. The summed E-state index contributed by atoms with van der Waals surface area (Å²) < 4.78 is 6.70. The van der Waals surface area contributed by atoms with Crippen LogP contribution in [0.2, 0.25) is 0 Å². The lowest BCUT2D eigenvalue weighted by atomic mass is 10.1. The minimum atomic E-state index is -0.602. The predicted octanol–water partition coefficient (Wildman–Crippen LogP) is 4.19. The van der Waals surface area contributed by atoms with Crippen molar-refractivity contribution in [3.05, 3.63) is 30.1 Å². The molecule has 0 saturated carbocycles. The summed E-state index contributed by atoms with van der Waals surface area (Å²) in [5, 5.41) is 0.689. The van der Waals surface area contributed by atoms with Gasteiger partial charge in [-0.15, -0.1) is 0 Å². The Balaban J connectivity index is 2.44. The zero-order valence-corrected chi connectivity index (χ0v) is 13.5. The third kappa shape index (κ3) is 3.53. The quantitative estimate of drug-likeness (QED) is 0.794. The molecular formula is C17H22N2O3. The van der Waals surface area contributed by atoms with Crippen molar-refractivity contribution in [2.45, 2.75) is 52.6 Å². The number of ether oxygens (including phenoxy) is 1. The van der Waals surface area contributed by atoms with E-state index in [1.54, 1.807) is 39.2 Å². The van der Waals surface area contributed by atoms with E-state index in [1.165, 1.54) is 4.57 Å². The number of ketones is 1. The van der Waals surface area contributed by atoms with E-state index in [2.05, 4.69) is 4.98 Å². The fourth-order valence-electron chi connectivity index (χ4n) is 2.20. The van der Waals surface area contributed by atoms with E-state index in [-0.39, 0.29) is 5.78 Å². The number of carbonyl (C=O) groups excluding carboxylic acids is 2. The van der Waals surface area contributed by atoms with Crippen LogP contribution in [0.4, 0.5) is 4.79 Å². The Hall–Kier alpha value is -2.17. The summed E-state index contributed by atoms with van der Waals surface area (Å²) in [6, 6.07) is 3.57. The third-order valence-electron chi connectivity index (χ3n) is 3.21. The van der Waals surface area contributed by atoms with Gasteiger partial charge in [0, 0.05) is 29.8 Å². The molecule has 0 aliphatic carbocycles. The molecule has 2 rings (SSSR count). The molecule has 0 bridgehead atoms. The van der Waals surface area contributed by atoms with Crippen molar-refractivity contribution in [1.82, 2.24) is 9.55 Å². The van der Waals surface area contributed by atoms with Gasteiger partial charge in [-0.05, 0) is 39.3 Å². The van der Waals surface area contributed by atoms with Gasteiger partial charge in [-0.1, -0.05) is 13.3 Å². The second-order valence-corrected chi connectivity index (χ2v) is 6.29. The maximum absolute atomic E-state index is 12.3. The average Bonchev–Trinajstić information content (AvgIpc) is 2.82. The van der Waals surface area contributed by atoms with E-state index < -0.39 is 11.7 Å². The van der Waals surface area contributed by atoms with Gasteiger partial charge in [0.05, 0.1) is 0 Å². The summed E-state index contributed by atoms with van der Waals surface area (Å²) in [5.41, 5.74) is 0.383. The number of hydrogen-bond acceptors (Lipinski definition) is 4. The highest BCUT2D eigenvalue weighted by Crippen LogP contribution is 2.22. The summed E-state index contributed by atoms with van der Waals surface area (Å²) in [6.07, 6.45) is 4.88. The van der Waals surface area contributed by atoms with Crippen molar-refractivity contribution >= 4 is 22.9 Å². The topological polar surface area (TPSA) is 61.2 Å². The van der Waals surface area contributed by atoms with Crippen LogP contribution in [0.15, 0.2) is 24.5 Å². The van der Waals surface area contributed by atoms with Crippen molar-refractivity contribution in [2.75, 3.05) is 0 Å². The largest absolute Gasteiger partial charge is 0.443 e. The number of aromatic nitrogens is 2. The van der Waals surface area contributed by atoms with E-state index in [1.807, 2.05) is 13.0 Å². The van der Waals surface area contributed by atoms with E-state index >= 15 is 0 Å². The summed E-state index contributed by atoms with van der Waals surface area (Å²) in [7, 11) is 0. The first kappa shape index (κ1) is 16.2. The van der Waals surface area contributed by atoms with Crippen molar-refractivity contribution in [1.29, 1.82) is 0 Å². The molecule has 118 valence electrons. The van der Waals surface area contributed by atoms with Crippen LogP contribution in [-0.4, -0.2) is 27.0 Å². The lowest BCUT2D eigenvalue weighted by Crippen LogP contribution is -2.26.